The Balaban J connectivity index is 2.48. The molecule has 1 rings (SSSR count). The van der Waals surface area contributed by atoms with Crippen LogP contribution in [0.3, 0.4) is 0 Å². The number of carbonyl (C=O) groups is 1. The van der Waals surface area contributed by atoms with Crippen molar-refractivity contribution in [1.29, 1.82) is 0 Å². The van der Waals surface area contributed by atoms with Crippen molar-refractivity contribution >= 4 is 5.91 Å². The minimum absolute atomic E-state index is 0.0145. The summed E-state index contributed by atoms with van der Waals surface area (Å²) in [6.45, 7) is 5.71. The van der Waals surface area contributed by atoms with Gasteiger partial charge in [0, 0.05) is 20.0 Å². The lowest BCUT2D eigenvalue weighted by molar-refractivity contribution is -0.120. The van der Waals surface area contributed by atoms with E-state index in [1.54, 1.807) is 6.92 Å². The largest absolute Gasteiger partial charge is 0.350 e. The summed E-state index contributed by atoms with van der Waals surface area (Å²) < 4.78 is 0. The number of likely N-dealkylation sites (N-methyl/N-ethyl adjacent to an activating group) is 1. The van der Waals surface area contributed by atoms with Gasteiger partial charge in [-0.05, 0) is 20.4 Å². The average Bonchev–Trinajstić information content (AvgIpc) is 2.08. The van der Waals surface area contributed by atoms with Crippen molar-refractivity contribution in [1.82, 2.24) is 10.2 Å². The maximum absolute atomic E-state index is 10.8. The quantitative estimate of drug-likeness (QED) is 0.589. The highest BCUT2D eigenvalue weighted by molar-refractivity contribution is 5.73. The molecule has 0 radical (unpaired) electrons. The molecular formula is C8H16N2O. The standard InChI is InChI=1S/C8H16N2O/c1-7(11)9-8(2)4-5-10(3)6-8/h4-6H2,1-3H3,(H,9,11). The van der Waals surface area contributed by atoms with E-state index in [-0.39, 0.29) is 11.4 Å². The monoisotopic (exact) mass is 156 g/mol. The predicted octanol–water partition coefficient (Wildman–Crippen LogP) is 0.217. The SMILES string of the molecule is CC(=O)NC1(C)CCN(C)C1. The van der Waals surface area contributed by atoms with Crippen LogP contribution in [0.5, 0.6) is 0 Å². The van der Waals surface area contributed by atoms with Gasteiger partial charge in [0.25, 0.3) is 0 Å². The molecule has 0 saturated carbocycles. The van der Waals surface area contributed by atoms with E-state index in [1.165, 1.54) is 0 Å². The van der Waals surface area contributed by atoms with Crippen LogP contribution in [0.1, 0.15) is 20.3 Å². The molecule has 1 saturated heterocycles. The molecule has 64 valence electrons. The summed E-state index contributed by atoms with van der Waals surface area (Å²) in [6.07, 6.45) is 1.06. The normalized spacial score (nSPS) is 32.3. The van der Waals surface area contributed by atoms with Gasteiger partial charge in [-0.15, -0.1) is 0 Å². The smallest absolute Gasteiger partial charge is 0.217 e. The fraction of sp³-hybridized carbons (Fsp3) is 0.875. The third kappa shape index (κ3) is 2.19. The highest BCUT2D eigenvalue weighted by Gasteiger charge is 2.32. The van der Waals surface area contributed by atoms with E-state index in [9.17, 15) is 4.79 Å². The maximum Gasteiger partial charge on any atom is 0.217 e. The van der Waals surface area contributed by atoms with Crippen LogP contribution < -0.4 is 5.32 Å². The third-order valence-electron chi connectivity index (χ3n) is 2.14. The van der Waals surface area contributed by atoms with Crippen molar-refractivity contribution in [3.63, 3.8) is 0 Å². The van der Waals surface area contributed by atoms with Crippen molar-refractivity contribution in [3.05, 3.63) is 0 Å². The Morgan fingerprint density at radius 1 is 1.64 bits per heavy atom. The van der Waals surface area contributed by atoms with E-state index in [0.717, 1.165) is 19.5 Å². The van der Waals surface area contributed by atoms with Gasteiger partial charge >= 0.3 is 0 Å². The van der Waals surface area contributed by atoms with Gasteiger partial charge in [0.15, 0.2) is 0 Å². The Labute approximate surface area is 67.8 Å². The van der Waals surface area contributed by atoms with Crippen LogP contribution in [0, 0.1) is 0 Å². The molecule has 1 aliphatic heterocycles. The summed E-state index contributed by atoms with van der Waals surface area (Å²) in [5.74, 6) is 0.0720. The first-order chi connectivity index (χ1) is 5.02. The number of amides is 1. The van der Waals surface area contributed by atoms with E-state index in [1.807, 2.05) is 0 Å². The molecule has 0 bridgehead atoms. The lowest BCUT2D eigenvalue weighted by Crippen LogP contribution is -2.46. The molecule has 1 unspecified atom stereocenters. The Morgan fingerprint density at radius 2 is 2.27 bits per heavy atom. The summed E-state index contributed by atoms with van der Waals surface area (Å²) >= 11 is 0. The Morgan fingerprint density at radius 3 is 2.64 bits per heavy atom. The minimum Gasteiger partial charge on any atom is -0.350 e. The molecule has 0 spiro atoms. The highest BCUT2D eigenvalue weighted by Crippen LogP contribution is 2.18. The number of rotatable bonds is 1. The summed E-state index contributed by atoms with van der Waals surface area (Å²) in [7, 11) is 2.08. The number of nitrogens with one attached hydrogen (secondary N) is 1. The van der Waals surface area contributed by atoms with Crippen LogP contribution in [-0.4, -0.2) is 36.5 Å². The first-order valence-corrected chi connectivity index (χ1v) is 3.99. The summed E-state index contributed by atoms with van der Waals surface area (Å²) in [6, 6.07) is 0. The van der Waals surface area contributed by atoms with Crippen LogP contribution >= 0.6 is 0 Å². The molecule has 1 N–H and O–H groups in total. The first-order valence-electron chi connectivity index (χ1n) is 3.99. The van der Waals surface area contributed by atoms with E-state index in [4.69, 9.17) is 0 Å². The molecule has 0 aliphatic carbocycles. The summed E-state index contributed by atoms with van der Waals surface area (Å²) in [5.41, 5.74) is 0.0145. The van der Waals surface area contributed by atoms with Crippen LogP contribution in [0.4, 0.5) is 0 Å². The molecule has 1 fully saturated rings. The minimum atomic E-state index is 0.0145. The van der Waals surface area contributed by atoms with E-state index in [2.05, 4.69) is 24.2 Å². The zero-order chi connectivity index (χ0) is 8.48. The van der Waals surface area contributed by atoms with Gasteiger partial charge in [0.2, 0.25) is 5.91 Å². The second kappa shape index (κ2) is 2.81. The fourth-order valence-corrected chi connectivity index (χ4v) is 1.72. The zero-order valence-corrected chi connectivity index (χ0v) is 7.48. The molecule has 1 amide bonds. The van der Waals surface area contributed by atoms with Gasteiger partial charge in [-0.25, -0.2) is 0 Å². The number of hydrogen-bond donors (Lipinski definition) is 1. The van der Waals surface area contributed by atoms with E-state index < -0.39 is 0 Å². The van der Waals surface area contributed by atoms with Crippen molar-refractivity contribution in [2.24, 2.45) is 0 Å². The number of carbonyl (C=O) groups excluding carboxylic acids is 1. The molecule has 0 aromatic heterocycles. The second-order valence-corrected chi connectivity index (χ2v) is 3.73. The lowest BCUT2D eigenvalue weighted by atomic mass is 10.0. The van der Waals surface area contributed by atoms with Gasteiger partial charge in [0.05, 0.1) is 5.54 Å². The summed E-state index contributed by atoms with van der Waals surface area (Å²) in [4.78, 5) is 13.0. The molecule has 0 aromatic carbocycles. The zero-order valence-electron chi connectivity index (χ0n) is 7.48. The van der Waals surface area contributed by atoms with Crippen LogP contribution in [0.25, 0.3) is 0 Å². The van der Waals surface area contributed by atoms with Gasteiger partial charge in [0.1, 0.15) is 0 Å². The number of nitrogens with zero attached hydrogens (tertiary/aromatic N) is 1. The van der Waals surface area contributed by atoms with Crippen LogP contribution in [-0.2, 0) is 4.79 Å². The van der Waals surface area contributed by atoms with Gasteiger partial charge < -0.3 is 10.2 Å². The molecule has 1 aliphatic rings. The highest BCUT2D eigenvalue weighted by atomic mass is 16.1. The first kappa shape index (κ1) is 8.53. The molecule has 3 heteroatoms. The van der Waals surface area contributed by atoms with E-state index >= 15 is 0 Å². The van der Waals surface area contributed by atoms with Crippen molar-refractivity contribution in [2.75, 3.05) is 20.1 Å². The number of likely N-dealkylation sites (tertiary alicyclic amines) is 1. The Bertz CT molecular complexity index is 169. The summed E-state index contributed by atoms with van der Waals surface area (Å²) in [5, 5.41) is 2.97. The Hall–Kier alpha value is -0.570. The van der Waals surface area contributed by atoms with Crippen LogP contribution in [0.15, 0.2) is 0 Å². The fourth-order valence-electron chi connectivity index (χ4n) is 1.72. The molecule has 1 heterocycles. The average molecular weight is 156 g/mol. The predicted molar refractivity (Wildman–Crippen MR) is 44.3 cm³/mol. The number of hydrogen-bond acceptors (Lipinski definition) is 2. The Kier molecular flexibility index (Phi) is 2.18. The van der Waals surface area contributed by atoms with Crippen molar-refractivity contribution in [3.8, 4) is 0 Å². The molecule has 3 nitrogen and oxygen atoms in total. The van der Waals surface area contributed by atoms with E-state index in [0.29, 0.717) is 0 Å². The van der Waals surface area contributed by atoms with Crippen molar-refractivity contribution < 1.29 is 4.79 Å². The van der Waals surface area contributed by atoms with Gasteiger partial charge in [-0.2, -0.15) is 0 Å². The lowest BCUT2D eigenvalue weighted by Gasteiger charge is -2.24. The van der Waals surface area contributed by atoms with Crippen LogP contribution in [0.2, 0.25) is 0 Å². The molecule has 1 atom stereocenters. The molecular weight excluding hydrogens is 140 g/mol. The molecule has 0 aromatic rings. The second-order valence-electron chi connectivity index (χ2n) is 3.73. The third-order valence-corrected chi connectivity index (χ3v) is 2.14. The van der Waals surface area contributed by atoms with Crippen molar-refractivity contribution in [2.45, 2.75) is 25.8 Å². The topological polar surface area (TPSA) is 32.3 Å². The molecule has 11 heavy (non-hydrogen) atoms. The van der Waals surface area contributed by atoms with Gasteiger partial charge in [-0.1, -0.05) is 0 Å². The maximum atomic E-state index is 10.8. The van der Waals surface area contributed by atoms with Gasteiger partial charge in [-0.3, -0.25) is 4.79 Å².